The highest BCUT2D eigenvalue weighted by Crippen LogP contribution is 2.45. The van der Waals surface area contributed by atoms with Crippen molar-refractivity contribution in [3.8, 4) is 0 Å². The second-order valence-corrected chi connectivity index (χ2v) is 6.63. The number of carbonyl (C=O) groups excluding carboxylic acids is 2. The van der Waals surface area contributed by atoms with Gasteiger partial charge in [0.05, 0.1) is 11.1 Å². The van der Waals surface area contributed by atoms with E-state index >= 15 is 0 Å². The molecule has 0 bridgehead atoms. The molecule has 0 radical (unpaired) electrons. The first-order valence-corrected chi connectivity index (χ1v) is 7.26. The molecule has 0 amide bonds. The van der Waals surface area contributed by atoms with Crippen LogP contribution in [-0.2, 0) is 9.59 Å². The fourth-order valence-corrected chi connectivity index (χ4v) is 4.35. The minimum Gasteiger partial charge on any atom is -0.396 e. The molecule has 0 aromatic carbocycles. The molecule has 18 heavy (non-hydrogen) atoms. The summed E-state index contributed by atoms with van der Waals surface area (Å²) in [6.45, 7) is 4.13. The Morgan fingerprint density at radius 2 is 2.06 bits per heavy atom. The van der Waals surface area contributed by atoms with Crippen LogP contribution in [0, 0.1) is 23.7 Å². The van der Waals surface area contributed by atoms with Gasteiger partial charge in [0, 0.05) is 29.6 Å². The van der Waals surface area contributed by atoms with Crippen molar-refractivity contribution in [2.75, 3.05) is 6.61 Å². The minimum absolute atomic E-state index is 0.0332. The number of nitrogens with zero attached hydrogens (tertiary/aromatic N) is 1. The van der Waals surface area contributed by atoms with E-state index in [4.69, 9.17) is 0 Å². The topological polar surface area (TPSA) is 66.7 Å². The van der Waals surface area contributed by atoms with E-state index in [-0.39, 0.29) is 35.7 Å². The molecule has 0 unspecified atom stereocenters. The van der Waals surface area contributed by atoms with E-state index in [0.717, 1.165) is 24.0 Å². The average Bonchev–Trinajstić information content (AvgIpc) is 2.79. The highest BCUT2D eigenvalue weighted by atomic mass is 32.2. The maximum Gasteiger partial charge on any atom is 0.125 e. The summed E-state index contributed by atoms with van der Waals surface area (Å²) in [7, 11) is 0. The fraction of sp³-hybridized carbons (Fsp3) is 0.769. The fourth-order valence-electron chi connectivity index (χ4n) is 2.86. The van der Waals surface area contributed by atoms with Crippen molar-refractivity contribution in [3.05, 3.63) is 0 Å². The first-order valence-electron chi connectivity index (χ1n) is 6.38. The van der Waals surface area contributed by atoms with Crippen molar-refractivity contribution in [1.82, 2.24) is 0 Å². The van der Waals surface area contributed by atoms with Gasteiger partial charge in [-0.3, -0.25) is 4.99 Å². The molecule has 2 rings (SSSR count). The molecule has 100 valence electrons. The Kier molecular flexibility index (Phi) is 4.22. The first-order chi connectivity index (χ1) is 8.62. The van der Waals surface area contributed by atoms with Gasteiger partial charge >= 0.3 is 0 Å². The van der Waals surface area contributed by atoms with Gasteiger partial charge in [-0.2, -0.15) is 0 Å². The van der Waals surface area contributed by atoms with Gasteiger partial charge in [-0.25, -0.2) is 0 Å². The second kappa shape index (κ2) is 5.53. The Labute approximate surface area is 111 Å². The quantitative estimate of drug-likeness (QED) is 0.778. The molecular weight excluding hydrogens is 250 g/mol. The zero-order chi connectivity index (χ0) is 13.3. The lowest BCUT2D eigenvalue weighted by Crippen LogP contribution is -2.45. The zero-order valence-corrected chi connectivity index (χ0v) is 11.5. The van der Waals surface area contributed by atoms with Crippen LogP contribution in [0.2, 0.25) is 0 Å². The van der Waals surface area contributed by atoms with Crippen LogP contribution in [0.15, 0.2) is 4.99 Å². The number of hydrogen-bond acceptors (Lipinski definition) is 5. The lowest BCUT2D eigenvalue weighted by Gasteiger charge is -2.37. The van der Waals surface area contributed by atoms with E-state index in [9.17, 15) is 14.7 Å². The third kappa shape index (κ3) is 2.26. The molecule has 1 N–H and O–H groups in total. The normalized spacial score (nSPS) is 39.3. The summed E-state index contributed by atoms with van der Waals surface area (Å²) in [5.74, 6) is -0.505. The number of aliphatic hydroxyl groups is 1. The molecule has 1 aliphatic heterocycles. The van der Waals surface area contributed by atoms with Crippen molar-refractivity contribution in [2.24, 2.45) is 28.7 Å². The molecule has 2 aliphatic rings. The van der Waals surface area contributed by atoms with E-state index < -0.39 is 0 Å². The summed E-state index contributed by atoms with van der Waals surface area (Å²) in [6.07, 6.45) is 2.44. The molecule has 4 nitrogen and oxygen atoms in total. The highest BCUT2D eigenvalue weighted by Gasteiger charge is 2.47. The monoisotopic (exact) mass is 269 g/mol. The summed E-state index contributed by atoms with van der Waals surface area (Å²) < 4.78 is 0. The lowest BCUT2D eigenvalue weighted by atomic mass is 9.71. The number of hydrogen-bond donors (Lipinski definition) is 1. The van der Waals surface area contributed by atoms with Gasteiger partial charge in [-0.15, -0.1) is 11.8 Å². The Balaban J connectivity index is 2.26. The van der Waals surface area contributed by atoms with E-state index in [1.807, 2.05) is 0 Å². The molecule has 1 aliphatic carbocycles. The molecule has 0 aromatic heterocycles. The van der Waals surface area contributed by atoms with Crippen molar-refractivity contribution in [3.63, 3.8) is 0 Å². The molecule has 1 saturated carbocycles. The Hall–Kier alpha value is -0.680. The van der Waals surface area contributed by atoms with Crippen molar-refractivity contribution in [1.29, 1.82) is 0 Å². The maximum atomic E-state index is 11.3. The summed E-state index contributed by atoms with van der Waals surface area (Å²) in [4.78, 5) is 27.1. The number of carbonyl (C=O) groups is 2. The number of rotatable bonds is 4. The van der Waals surface area contributed by atoms with E-state index in [1.54, 1.807) is 11.8 Å². The smallest absolute Gasteiger partial charge is 0.125 e. The summed E-state index contributed by atoms with van der Waals surface area (Å²) >= 11 is 1.72. The Morgan fingerprint density at radius 1 is 1.39 bits per heavy atom. The Bertz CT molecular complexity index is 369. The van der Waals surface area contributed by atoms with Crippen molar-refractivity contribution in [2.45, 2.75) is 31.6 Å². The summed E-state index contributed by atoms with van der Waals surface area (Å²) in [6, 6.07) is -0.0806. The van der Waals surface area contributed by atoms with Gasteiger partial charge in [0.25, 0.3) is 0 Å². The summed E-state index contributed by atoms with van der Waals surface area (Å²) in [5.41, 5.74) is 0. The van der Waals surface area contributed by atoms with Gasteiger partial charge in [0.15, 0.2) is 0 Å². The van der Waals surface area contributed by atoms with Crippen LogP contribution in [0.4, 0.5) is 0 Å². The number of aliphatic hydroxyl groups excluding tert-OH is 1. The highest BCUT2D eigenvalue weighted by molar-refractivity contribution is 8.14. The van der Waals surface area contributed by atoms with Crippen LogP contribution >= 0.6 is 11.8 Å². The second-order valence-electron chi connectivity index (χ2n) is 5.37. The van der Waals surface area contributed by atoms with E-state index in [2.05, 4.69) is 18.8 Å². The number of fused-ring (bicyclic) bond motifs is 1. The third-order valence-corrected chi connectivity index (χ3v) is 5.48. The van der Waals surface area contributed by atoms with Gasteiger partial charge in [-0.05, 0) is 12.3 Å². The molecular formula is C13H19NO3S. The van der Waals surface area contributed by atoms with Gasteiger partial charge in [-0.1, -0.05) is 13.8 Å². The number of thioether (sulfide) groups is 1. The summed E-state index contributed by atoms with van der Waals surface area (Å²) in [5, 5.41) is 10.7. The predicted molar refractivity (Wildman–Crippen MR) is 71.7 cm³/mol. The average molecular weight is 269 g/mol. The molecule has 5 heteroatoms. The van der Waals surface area contributed by atoms with Gasteiger partial charge in [0.1, 0.15) is 12.6 Å². The largest absolute Gasteiger partial charge is 0.396 e. The van der Waals surface area contributed by atoms with Crippen LogP contribution in [0.1, 0.15) is 20.3 Å². The van der Waals surface area contributed by atoms with Crippen LogP contribution < -0.4 is 0 Å². The van der Waals surface area contributed by atoms with E-state index in [1.165, 1.54) is 0 Å². The van der Waals surface area contributed by atoms with Crippen LogP contribution in [-0.4, -0.2) is 40.6 Å². The Morgan fingerprint density at radius 3 is 2.56 bits per heavy atom. The lowest BCUT2D eigenvalue weighted by molar-refractivity contribution is -0.124. The van der Waals surface area contributed by atoms with E-state index in [0.29, 0.717) is 5.92 Å². The van der Waals surface area contributed by atoms with Crippen molar-refractivity contribution >= 4 is 29.4 Å². The molecule has 5 atom stereocenters. The maximum absolute atomic E-state index is 11.3. The SMILES string of the molecule is CC(C)C1=N[C@@H]2[C@H](C=O)[C@H](C=O)[C@H](CO)C[C@@H]2S1. The van der Waals surface area contributed by atoms with Crippen LogP contribution in [0.5, 0.6) is 0 Å². The predicted octanol–water partition coefficient (Wildman–Crippen LogP) is 1.17. The zero-order valence-electron chi connectivity index (χ0n) is 10.7. The van der Waals surface area contributed by atoms with Crippen LogP contribution in [0.25, 0.3) is 0 Å². The molecule has 1 fully saturated rings. The third-order valence-electron chi connectivity index (χ3n) is 3.89. The molecule has 1 heterocycles. The molecule has 0 saturated heterocycles. The first kappa shape index (κ1) is 13.7. The van der Waals surface area contributed by atoms with Crippen molar-refractivity contribution < 1.29 is 14.7 Å². The molecule has 0 spiro atoms. The minimum atomic E-state index is -0.385. The number of aliphatic imine (C=N–C) groups is 1. The van der Waals surface area contributed by atoms with Gasteiger partial charge in [0.2, 0.25) is 0 Å². The standard InChI is InChI=1S/C13H19NO3S/c1-7(2)13-14-12-10(6-17)9(5-16)8(4-15)3-11(12)18-13/h5-12,15H,3-4H2,1-2H3/t8-,9+,10+,11-,12+/m0/s1. The van der Waals surface area contributed by atoms with Crippen LogP contribution in [0.3, 0.4) is 0 Å². The molecule has 0 aromatic rings. The number of aldehydes is 2. The van der Waals surface area contributed by atoms with Gasteiger partial charge < -0.3 is 14.7 Å².